The Bertz CT molecular complexity index is 1130. The Morgan fingerprint density at radius 1 is 1.45 bits per heavy atom. The van der Waals surface area contributed by atoms with Gasteiger partial charge in [0.25, 0.3) is 5.56 Å². The third kappa shape index (κ3) is 6.42. The van der Waals surface area contributed by atoms with Crippen LogP contribution in [0.25, 0.3) is 11.2 Å². The van der Waals surface area contributed by atoms with Crippen LogP contribution in [-0.2, 0) is 30.9 Å². The molecule has 1 amide bonds. The van der Waals surface area contributed by atoms with E-state index in [2.05, 4.69) is 37.5 Å². The summed E-state index contributed by atoms with van der Waals surface area (Å²) in [6, 6.07) is 5.86. The number of nitrogens with zero attached hydrogens (tertiary/aromatic N) is 3. The number of fused-ring (bicyclic) bond motifs is 1. The number of aliphatic hydroxyl groups excluding tert-OH is 1. The standard InChI is InChI=1S/C14H18N5O6PS.C5H5N/c1-6(2)11(21)17-14-16-10-9(12(22)18-14)15-5-19(10)13-8(25-26(23)27)3-7(4-20)24-13;1-2-4-6-5-3-1/h5-8,13,20H,3-4H2,1-2H3,(H2,16,17,18,21,22);1-5H/p+1/t7-,8+,13+;/m0./s1. The molecule has 33 heavy (non-hydrogen) atoms. The first-order valence-electron chi connectivity index (χ1n) is 10.1. The number of amides is 1. The Balaban J connectivity index is 0.000000442. The van der Waals surface area contributed by atoms with Crippen molar-refractivity contribution in [3.8, 4) is 0 Å². The van der Waals surface area contributed by atoms with Gasteiger partial charge in [-0.05, 0) is 0 Å². The first-order chi connectivity index (χ1) is 15.8. The molecule has 0 aliphatic carbocycles. The largest absolute Gasteiger partial charge is 0.408 e. The number of pyridine rings is 1. The summed E-state index contributed by atoms with van der Waals surface area (Å²) in [5.74, 6) is -0.651. The number of H-pyrrole nitrogens is 2. The molecule has 1 fully saturated rings. The van der Waals surface area contributed by atoms with Crippen molar-refractivity contribution in [2.24, 2.45) is 5.92 Å². The number of rotatable bonds is 6. The summed E-state index contributed by atoms with van der Waals surface area (Å²) < 4.78 is 23.7. The summed E-state index contributed by atoms with van der Waals surface area (Å²) in [5.41, 5.74) is -0.356. The molecule has 1 unspecified atom stereocenters. The average Bonchev–Trinajstić information content (AvgIpc) is 3.38. The van der Waals surface area contributed by atoms with E-state index in [0.717, 1.165) is 0 Å². The molecule has 0 aromatic carbocycles. The molecule has 176 valence electrons. The highest BCUT2D eigenvalue weighted by molar-refractivity contribution is 8.25. The molecule has 0 radical (unpaired) electrons. The number of carbonyl (C=O) groups excluding carboxylic acids is 1. The number of carbonyl (C=O) groups is 1. The molecule has 3 aromatic rings. The number of anilines is 1. The fraction of sp³-hybridized carbons (Fsp3) is 0.421. The van der Waals surface area contributed by atoms with Crippen molar-refractivity contribution in [3.05, 3.63) is 47.3 Å². The quantitative estimate of drug-likeness (QED) is 0.335. The Hall–Kier alpha value is -2.70. The van der Waals surface area contributed by atoms with Crippen molar-refractivity contribution in [1.82, 2.24) is 19.5 Å². The average molecular weight is 495 g/mol. The van der Waals surface area contributed by atoms with Crippen LogP contribution in [0.5, 0.6) is 0 Å². The predicted octanol–water partition coefficient (Wildman–Crippen LogP) is 1.08. The lowest BCUT2D eigenvalue weighted by Gasteiger charge is -2.17. The maximum atomic E-state index is 12.3. The van der Waals surface area contributed by atoms with Gasteiger partial charge in [-0.1, -0.05) is 24.5 Å². The molecule has 3 aromatic heterocycles. The predicted molar refractivity (Wildman–Crippen MR) is 120 cm³/mol. The Morgan fingerprint density at radius 2 is 2.18 bits per heavy atom. The van der Waals surface area contributed by atoms with Gasteiger partial charge in [0.2, 0.25) is 11.9 Å². The summed E-state index contributed by atoms with van der Waals surface area (Å²) in [4.78, 5) is 37.8. The van der Waals surface area contributed by atoms with Crippen molar-refractivity contribution in [2.45, 2.75) is 38.7 Å². The van der Waals surface area contributed by atoms with Crippen molar-refractivity contribution < 1.29 is 28.7 Å². The summed E-state index contributed by atoms with van der Waals surface area (Å²) in [6.45, 7) is 3.14. The number of hydrogen-bond acceptors (Lipinski definition) is 9. The Morgan fingerprint density at radius 3 is 2.73 bits per heavy atom. The minimum atomic E-state index is -2.32. The second-order valence-corrected chi connectivity index (χ2v) is 8.95. The van der Waals surface area contributed by atoms with Crippen LogP contribution in [0.1, 0.15) is 26.5 Å². The molecule has 4 atom stereocenters. The number of nitrogens with one attached hydrogen (secondary N) is 3. The molecule has 0 spiro atoms. The van der Waals surface area contributed by atoms with Gasteiger partial charge in [-0.2, -0.15) is 9.51 Å². The molecule has 1 aliphatic heterocycles. The minimum Gasteiger partial charge on any atom is -0.408 e. The SMILES string of the molecule is CC(C)C(=O)Nc1nc2c(ncn2[C@@H]2O[C@H](CO)C[C@H]2O[P+](=O)[S-])c(=O)[nH]1.c1cc[nH+]cc1. The van der Waals surface area contributed by atoms with Gasteiger partial charge in [0.15, 0.2) is 35.9 Å². The van der Waals surface area contributed by atoms with Crippen LogP contribution in [0.3, 0.4) is 0 Å². The number of aromatic amines is 2. The number of hydrogen-bond donors (Lipinski definition) is 3. The van der Waals surface area contributed by atoms with E-state index in [1.807, 2.05) is 30.6 Å². The highest BCUT2D eigenvalue weighted by Gasteiger charge is 2.41. The van der Waals surface area contributed by atoms with Gasteiger partial charge in [0, 0.05) is 24.5 Å². The van der Waals surface area contributed by atoms with Crippen molar-refractivity contribution in [3.63, 3.8) is 0 Å². The van der Waals surface area contributed by atoms with Gasteiger partial charge in [0.05, 0.1) is 19.0 Å². The number of aromatic nitrogens is 5. The smallest absolute Gasteiger partial charge is 0.372 e. The molecule has 12 nitrogen and oxygen atoms in total. The molecule has 1 aliphatic rings. The van der Waals surface area contributed by atoms with Crippen LogP contribution in [0.15, 0.2) is 41.7 Å². The first kappa shape index (κ1) is 24.9. The van der Waals surface area contributed by atoms with Gasteiger partial charge in [0.1, 0.15) is 0 Å². The highest BCUT2D eigenvalue weighted by atomic mass is 32.7. The molecule has 1 saturated heterocycles. The maximum Gasteiger partial charge on any atom is 0.372 e. The fourth-order valence-corrected chi connectivity index (χ4v) is 3.80. The zero-order valence-corrected chi connectivity index (χ0v) is 19.6. The zero-order valence-electron chi connectivity index (χ0n) is 17.9. The molecule has 0 bridgehead atoms. The molecular formula is C19H24N6O6PS+. The van der Waals surface area contributed by atoms with Gasteiger partial charge in [-0.15, -0.1) is 0 Å². The number of imidazole rings is 1. The third-order valence-electron chi connectivity index (χ3n) is 4.65. The molecule has 4 rings (SSSR count). The van der Waals surface area contributed by atoms with E-state index in [9.17, 15) is 19.3 Å². The monoisotopic (exact) mass is 495 g/mol. The van der Waals surface area contributed by atoms with E-state index in [1.54, 1.807) is 13.8 Å². The highest BCUT2D eigenvalue weighted by Crippen LogP contribution is 2.37. The van der Waals surface area contributed by atoms with Crippen LogP contribution in [0.4, 0.5) is 5.95 Å². The second kappa shape index (κ2) is 11.4. The van der Waals surface area contributed by atoms with Crippen LogP contribution in [-0.4, -0.2) is 49.3 Å². The number of aliphatic hydroxyl groups is 1. The van der Waals surface area contributed by atoms with Gasteiger partial charge >= 0.3 is 7.23 Å². The lowest BCUT2D eigenvalue weighted by molar-refractivity contribution is -0.377. The second-order valence-electron chi connectivity index (χ2n) is 7.39. The molecule has 4 N–H and O–H groups in total. The summed E-state index contributed by atoms with van der Waals surface area (Å²) in [5, 5.41) is 11.9. The first-order valence-corrected chi connectivity index (χ1v) is 12.3. The van der Waals surface area contributed by atoms with Crippen LogP contribution >= 0.6 is 7.23 Å². The zero-order chi connectivity index (χ0) is 24.0. The van der Waals surface area contributed by atoms with Gasteiger partial charge in [-0.25, -0.2) is 9.97 Å². The minimum absolute atomic E-state index is 0.0310. The van der Waals surface area contributed by atoms with E-state index < -0.39 is 31.2 Å². The summed E-state index contributed by atoms with van der Waals surface area (Å²) in [6.07, 6.45) is 3.24. The van der Waals surface area contributed by atoms with E-state index >= 15 is 0 Å². The van der Waals surface area contributed by atoms with Crippen LogP contribution < -0.4 is 15.9 Å². The van der Waals surface area contributed by atoms with Crippen molar-refractivity contribution in [2.75, 3.05) is 11.9 Å². The van der Waals surface area contributed by atoms with E-state index in [1.165, 1.54) is 10.9 Å². The summed E-state index contributed by atoms with van der Waals surface area (Å²) >= 11 is 4.61. The Labute approximate surface area is 194 Å². The van der Waals surface area contributed by atoms with Gasteiger partial charge in [-0.3, -0.25) is 24.5 Å². The number of ether oxygens (including phenoxy) is 1. The normalized spacial score (nSPS) is 20.4. The molecule has 4 heterocycles. The lowest BCUT2D eigenvalue weighted by atomic mass is 10.2. The Kier molecular flexibility index (Phi) is 8.64. The maximum absolute atomic E-state index is 12.3. The molecular weight excluding hydrogens is 471 g/mol. The topological polar surface area (TPSA) is 163 Å². The molecule has 14 heteroatoms. The van der Waals surface area contributed by atoms with E-state index in [-0.39, 0.29) is 42.0 Å². The van der Waals surface area contributed by atoms with Crippen LogP contribution in [0.2, 0.25) is 0 Å². The van der Waals surface area contributed by atoms with Crippen molar-refractivity contribution >= 4 is 42.5 Å². The van der Waals surface area contributed by atoms with Crippen LogP contribution in [0, 0.1) is 5.92 Å². The summed E-state index contributed by atoms with van der Waals surface area (Å²) in [7, 11) is -2.32. The van der Waals surface area contributed by atoms with E-state index in [0.29, 0.717) is 0 Å². The third-order valence-corrected chi connectivity index (χ3v) is 5.35. The van der Waals surface area contributed by atoms with Crippen molar-refractivity contribution in [1.29, 1.82) is 0 Å². The van der Waals surface area contributed by atoms with E-state index in [4.69, 9.17) is 9.26 Å². The van der Waals surface area contributed by atoms with Gasteiger partial charge < -0.3 is 22.1 Å². The lowest BCUT2D eigenvalue weighted by Crippen LogP contribution is -2.24. The molecule has 0 saturated carbocycles. The fourth-order valence-electron chi connectivity index (χ4n) is 3.06.